The smallest absolute Gasteiger partial charge is 0.346 e. The second-order valence-corrected chi connectivity index (χ2v) is 4.37. The van der Waals surface area contributed by atoms with Crippen LogP contribution in [0.2, 0.25) is 0 Å². The minimum Gasteiger partial charge on any atom is -0.480 e. The normalized spacial score (nSPS) is 16.9. The quantitative estimate of drug-likeness (QED) is 0.795. The van der Waals surface area contributed by atoms with Crippen LogP contribution in [0.1, 0.15) is 25.7 Å². The first-order chi connectivity index (χ1) is 8.02. The first kappa shape index (κ1) is 11.8. The van der Waals surface area contributed by atoms with Crippen molar-refractivity contribution < 1.29 is 14.6 Å². The van der Waals surface area contributed by atoms with Gasteiger partial charge in [-0.3, -0.25) is 4.57 Å². The molecule has 0 saturated carbocycles. The molecular weight excluding hydrogens is 226 g/mol. The molecule has 7 nitrogen and oxygen atoms in total. The van der Waals surface area contributed by atoms with Crippen molar-refractivity contribution in [3.8, 4) is 0 Å². The molecule has 0 aromatic carbocycles. The Labute approximate surface area is 97.6 Å². The fourth-order valence-corrected chi connectivity index (χ4v) is 1.96. The summed E-state index contributed by atoms with van der Waals surface area (Å²) in [6.45, 7) is 4.64. The maximum absolute atomic E-state index is 12.0. The Morgan fingerprint density at radius 1 is 1.53 bits per heavy atom. The van der Waals surface area contributed by atoms with E-state index in [0.29, 0.717) is 19.0 Å². The summed E-state index contributed by atoms with van der Waals surface area (Å²) in [6, 6.07) is -0.930. The summed E-state index contributed by atoms with van der Waals surface area (Å²) in [6.07, 6.45) is 0. The summed E-state index contributed by atoms with van der Waals surface area (Å²) in [5.74, 6) is -0.755. The van der Waals surface area contributed by atoms with E-state index in [1.54, 1.807) is 13.8 Å². The molecular formula is C10H15N3O4. The first-order valence-electron chi connectivity index (χ1n) is 5.51. The summed E-state index contributed by atoms with van der Waals surface area (Å²) in [5, 5.41) is 13.2. The average molecular weight is 241 g/mol. The maximum Gasteiger partial charge on any atom is 0.346 e. The lowest BCUT2D eigenvalue weighted by Crippen LogP contribution is -2.35. The molecule has 1 aliphatic rings. The molecule has 7 heteroatoms. The van der Waals surface area contributed by atoms with Crippen LogP contribution >= 0.6 is 0 Å². The SMILES string of the molecule is CC(C)[C@H](C(=O)O)n1nc2n(c1=O)CCOC2. The van der Waals surface area contributed by atoms with Gasteiger partial charge in [-0.1, -0.05) is 13.8 Å². The topological polar surface area (TPSA) is 86.4 Å². The van der Waals surface area contributed by atoms with Crippen LogP contribution in [0.4, 0.5) is 0 Å². The largest absolute Gasteiger partial charge is 0.480 e. The molecule has 0 spiro atoms. The number of fused-ring (bicyclic) bond motifs is 1. The van der Waals surface area contributed by atoms with Crippen LogP contribution in [0.5, 0.6) is 0 Å². The monoisotopic (exact) mass is 241 g/mol. The summed E-state index contributed by atoms with van der Waals surface area (Å²) in [7, 11) is 0. The van der Waals surface area contributed by atoms with Crippen molar-refractivity contribution in [3.63, 3.8) is 0 Å². The number of ether oxygens (including phenoxy) is 1. The molecule has 0 amide bonds. The van der Waals surface area contributed by atoms with Crippen LogP contribution in [0.25, 0.3) is 0 Å². The number of aliphatic carboxylic acids is 1. The zero-order valence-electron chi connectivity index (χ0n) is 9.79. The van der Waals surface area contributed by atoms with E-state index in [4.69, 9.17) is 9.84 Å². The Kier molecular flexibility index (Phi) is 3.01. The minimum absolute atomic E-state index is 0.205. The van der Waals surface area contributed by atoms with Gasteiger partial charge >= 0.3 is 11.7 Å². The highest BCUT2D eigenvalue weighted by Crippen LogP contribution is 2.16. The van der Waals surface area contributed by atoms with E-state index < -0.39 is 12.0 Å². The van der Waals surface area contributed by atoms with Crippen LogP contribution in [-0.4, -0.2) is 32.0 Å². The third-order valence-corrected chi connectivity index (χ3v) is 2.80. The lowest BCUT2D eigenvalue weighted by atomic mass is 10.1. The Hall–Kier alpha value is -1.63. The van der Waals surface area contributed by atoms with Gasteiger partial charge in [0.1, 0.15) is 6.61 Å². The number of rotatable bonds is 3. The van der Waals surface area contributed by atoms with Crippen molar-refractivity contribution in [2.24, 2.45) is 5.92 Å². The summed E-state index contributed by atoms with van der Waals surface area (Å²) in [4.78, 5) is 23.2. The predicted molar refractivity (Wildman–Crippen MR) is 57.7 cm³/mol. The molecule has 1 aromatic rings. The zero-order valence-corrected chi connectivity index (χ0v) is 9.79. The Morgan fingerprint density at radius 2 is 2.24 bits per heavy atom. The van der Waals surface area contributed by atoms with Gasteiger partial charge in [-0.05, 0) is 5.92 Å². The van der Waals surface area contributed by atoms with Crippen molar-refractivity contribution in [3.05, 3.63) is 16.3 Å². The molecule has 0 radical (unpaired) electrons. The van der Waals surface area contributed by atoms with Crippen LogP contribution in [0.15, 0.2) is 4.79 Å². The second kappa shape index (κ2) is 4.33. The van der Waals surface area contributed by atoms with Crippen LogP contribution in [-0.2, 0) is 22.7 Å². The van der Waals surface area contributed by atoms with Gasteiger partial charge in [0.05, 0.1) is 13.2 Å². The van der Waals surface area contributed by atoms with E-state index in [1.807, 2.05) is 0 Å². The first-order valence-corrected chi connectivity index (χ1v) is 5.51. The molecule has 0 unspecified atom stereocenters. The fourth-order valence-electron chi connectivity index (χ4n) is 1.96. The van der Waals surface area contributed by atoms with Crippen molar-refractivity contribution in [2.75, 3.05) is 6.61 Å². The third kappa shape index (κ3) is 1.97. The number of hydrogen-bond donors (Lipinski definition) is 1. The second-order valence-electron chi connectivity index (χ2n) is 4.37. The Balaban J connectivity index is 2.48. The number of aromatic nitrogens is 3. The number of nitrogens with zero attached hydrogens (tertiary/aromatic N) is 3. The van der Waals surface area contributed by atoms with E-state index in [2.05, 4.69) is 5.10 Å². The van der Waals surface area contributed by atoms with Gasteiger partial charge in [0.2, 0.25) is 0 Å². The summed E-state index contributed by atoms with van der Waals surface area (Å²) < 4.78 is 7.71. The molecule has 2 heterocycles. The number of carboxylic acids is 1. The van der Waals surface area contributed by atoms with E-state index in [-0.39, 0.29) is 18.2 Å². The Morgan fingerprint density at radius 3 is 2.76 bits per heavy atom. The van der Waals surface area contributed by atoms with Gasteiger partial charge in [-0.25, -0.2) is 9.59 Å². The molecule has 0 saturated heterocycles. The number of carbonyl (C=O) groups is 1. The van der Waals surface area contributed by atoms with Gasteiger partial charge in [0.25, 0.3) is 0 Å². The molecule has 1 aliphatic heterocycles. The molecule has 0 bridgehead atoms. The third-order valence-electron chi connectivity index (χ3n) is 2.80. The predicted octanol–water partition coefficient (Wildman–Crippen LogP) is -0.143. The van der Waals surface area contributed by atoms with E-state index in [9.17, 15) is 9.59 Å². The highest BCUT2D eigenvalue weighted by Gasteiger charge is 2.29. The van der Waals surface area contributed by atoms with Gasteiger partial charge in [0.15, 0.2) is 11.9 Å². The molecule has 1 aromatic heterocycles. The standard InChI is InChI=1S/C10H15N3O4/c1-6(2)8(9(14)15)13-10(16)12-3-4-17-5-7(12)11-13/h6,8H,3-5H2,1-2H3,(H,14,15)/t8-/m1/s1. The maximum atomic E-state index is 12.0. The van der Waals surface area contributed by atoms with Gasteiger partial charge in [0, 0.05) is 0 Å². The lowest BCUT2D eigenvalue weighted by Gasteiger charge is -2.14. The van der Waals surface area contributed by atoms with Crippen LogP contribution < -0.4 is 5.69 Å². The van der Waals surface area contributed by atoms with E-state index in [1.165, 1.54) is 4.57 Å². The highest BCUT2D eigenvalue weighted by atomic mass is 16.5. The fraction of sp³-hybridized carbons (Fsp3) is 0.700. The van der Waals surface area contributed by atoms with Gasteiger partial charge < -0.3 is 9.84 Å². The van der Waals surface area contributed by atoms with Gasteiger partial charge in [-0.15, -0.1) is 0 Å². The molecule has 0 aliphatic carbocycles. The zero-order chi connectivity index (χ0) is 12.6. The molecule has 94 valence electrons. The number of hydrogen-bond acceptors (Lipinski definition) is 4. The van der Waals surface area contributed by atoms with Crippen molar-refractivity contribution in [2.45, 2.75) is 33.0 Å². The van der Waals surface area contributed by atoms with Crippen molar-refractivity contribution >= 4 is 5.97 Å². The van der Waals surface area contributed by atoms with Crippen molar-refractivity contribution in [1.82, 2.24) is 14.3 Å². The number of carboxylic acid groups (broad SMARTS) is 1. The lowest BCUT2D eigenvalue weighted by molar-refractivity contribution is -0.142. The molecule has 17 heavy (non-hydrogen) atoms. The average Bonchev–Trinajstić information content (AvgIpc) is 2.56. The van der Waals surface area contributed by atoms with E-state index >= 15 is 0 Å². The van der Waals surface area contributed by atoms with Gasteiger partial charge in [-0.2, -0.15) is 9.78 Å². The van der Waals surface area contributed by atoms with Crippen molar-refractivity contribution in [1.29, 1.82) is 0 Å². The van der Waals surface area contributed by atoms with E-state index in [0.717, 1.165) is 4.68 Å². The Bertz CT molecular complexity index is 488. The molecule has 1 N–H and O–H groups in total. The summed E-state index contributed by atoms with van der Waals surface area (Å²) >= 11 is 0. The molecule has 1 atom stereocenters. The molecule has 2 rings (SSSR count). The highest BCUT2D eigenvalue weighted by molar-refractivity contribution is 5.71. The minimum atomic E-state index is -1.04. The summed E-state index contributed by atoms with van der Waals surface area (Å²) in [5.41, 5.74) is -0.371. The van der Waals surface area contributed by atoms with Crippen LogP contribution in [0, 0.1) is 5.92 Å². The molecule has 0 fully saturated rings. The van der Waals surface area contributed by atoms with Crippen LogP contribution in [0.3, 0.4) is 0 Å².